The number of imide groups is 1. The van der Waals surface area contributed by atoms with Crippen LogP contribution in [0.2, 0.25) is 0 Å². The molecule has 0 bridgehead atoms. The SMILES string of the molecule is COc1cnc(CN/C=C2\C(=O)NC(=O)c3ccc(I)cc32)nc1O. The van der Waals surface area contributed by atoms with Crippen LogP contribution in [-0.2, 0) is 11.3 Å². The summed E-state index contributed by atoms with van der Waals surface area (Å²) in [5, 5.41) is 14.9. The number of carbonyl (C=O) groups is 2. The lowest BCUT2D eigenvalue weighted by Gasteiger charge is -2.18. The molecule has 1 aromatic heterocycles. The number of fused-ring (bicyclic) bond motifs is 1. The molecule has 3 N–H and O–H groups in total. The van der Waals surface area contributed by atoms with Crippen LogP contribution >= 0.6 is 22.6 Å². The maximum absolute atomic E-state index is 12.1. The summed E-state index contributed by atoms with van der Waals surface area (Å²) >= 11 is 2.12. The molecule has 2 amide bonds. The number of hydrogen-bond acceptors (Lipinski definition) is 7. The standard InChI is InChI=1S/C16H13IN4O4/c1-25-12-6-19-13(20-16(12)24)7-18-5-11-10-4-8(17)2-3-9(10)14(22)21-15(11)23/h2-6,18H,7H2,1H3,(H,19,20,24)(H,21,22,23)/b11-5-. The zero-order chi connectivity index (χ0) is 18.0. The van der Waals surface area contributed by atoms with Gasteiger partial charge in [0, 0.05) is 20.9 Å². The molecule has 25 heavy (non-hydrogen) atoms. The van der Waals surface area contributed by atoms with Gasteiger partial charge in [0.25, 0.3) is 17.7 Å². The van der Waals surface area contributed by atoms with Gasteiger partial charge in [0.1, 0.15) is 0 Å². The second-order valence-electron chi connectivity index (χ2n) is 5.09. The molecule has 0 atom stereocenters. The molecule has 0 spiro atoms. The molecule has 2 aromatic rings. The van der Waals surface area contributed by atoms with Crippen molar-refractivity contribution in [2.75, 3.05) is 7.11 Å². The zero-order valence-electron chi connectivity index (χ0n) is 13.0. The Bertz CT molecular complexity index is 898. The van der Waals surface area contributed by atoms with Gasteiger partial charge in [0.2, 0.25) is 0 Å². The Balaban J connectivity index is 1.83. The fourth-order valence-corrected chi connectivity index (χ4v) is 2.80. The van der Waals surface area contributed by atoms with E-state index in [1.165, 1.54) is 19.5 Å². The molecule has 9 heteroatoms. The van der Waals surface area contributed by atoms with E-state index < -0.39 is 11.8 Å². The number of nitrogens with zero attached hydrogens (tertiary/aromatic N) is 2. The smallest absolute Gasteiger partial charge is 0.260 e. The van der Waals surface area contributed by atoms with Crippen molar-refractivity contribution in [3.05, 3.63) is 51.1 Å². The van der Waals surface area contributed by atoms with Gasteiger partial charge < -0.3 is 15.2 Å². The molecular weight excluding hydrogens is 439 g/mol. The summed E-state index contributed by atoms with van der Waals surface area (Å²) in [7, 11) is 1.41. The van der Waals surface area contributed by atoms with Gasteiger partial charge in [-0.2, -0.15) is 4.98 Å². The molecule has 0 fully saturated rings. The van der Waals surface area contributed by atoms with Crippen molar-refractivity contribution in [1.29, 1.82) is 0 Å². The lowest BCUT2D eigenvalue weighted by atomic mass is 9.96. The summed E-state index contributed by atoms with van der Waals surface area (Å²) < 4.78 is 5.79. The molecule has 0 radical (unpaired) electrons. The second kappa shape index (κ2) is 7.05. The molecule has 3 rings (SSSR count). The number of aromatic hydroxyl groups is 1. The van der Waals surface area contributed by atoms with Gasteiger partial charge >= 0.3 is 0 Å². The van der Waals surface area contributed by atoms with Crippen LogP contribution in [0.4, 0.5) is 0 Å². The lowest BCUT2D eigenvalue weighted by Crippen LogP contribution is -2.37. The molecule has 2 heterocycles. The van der Waals surface area contributed by atoms with Crippen LogP contribution in [0.3, 0.4) is 0 Å². The minimum atomic E-state index is -0.481. The third-order valence-electron chi connectivity index (χ3n) is 3.50. The van der Waals surface area contributed by atoms with Crippen molar-refractivity contribution in [3.8, 4) is 11.6 Å². The van der Waals surface area contributed by atoms with E-state index in [4.69, 9.17) is 4.74 Å². The van der Waals surface area contributed by atoms with Crippen LogP contribution in [0, 0.1) is 3.57 Å². The van der Waals surface area contributed by atoms with E-state index in [-0.39, 0.29) is 18.2 Å². The second-order valence-corrected chi connectivity index (χ2v) is 6.34. The molecular formula is C16H13IN4O4. The minimum absolute atomic E-state index is 0.177. The number of nitrogens with one attached hydrogen (secondary N) is 2. The first kappa shape index (κ1) is 17.1. The Kier molecular flexibility index (Phi) is 4.83. The zero-order valence-corrected chi connectivity index (χ0v) is 15.2. The fraction of sp³-hybridized carbons (Fsp3) is 0.125. The van der Waals surface area contributed by atoms with Crippen LogP contribution in [0.5, 0.6) is 11.6 Å². The van der Waals surface area contributed by atoms with Gasteiger partial charge in [-0.1, -0.05) is 0 Å². The van der Waals surface area contributed by atoms with Crippen LogP contribution in [-0.4, -0.2) is 34.0 Å². The van der Waals surface area contributed by atoms with Gasteiger partial charge in [0.05, 0.1) is 25.4 Å². The number of halogens is 1. The van der Waals surface area contributed by atoms with Crippen LogP contribution in [0.25, 0.3) is 5.57 Å². The summed E-state index contributed by atoms with van der Waals surface area (Å²) in [6.07, 6.45) is 2.86. The van der Waals surface area contributed by atoms with Crippen LogP contribution < -0.4 is 15.4 Å². The Hall–Kier alpha value is -2.69. The van der Waals surface area contributed by atoms with Crippen LogP contribution in [0.1, 0.15) is 21.7 Å². The molecule has 0 saturated carbocycles. The summed E-state index contributed by atoms with van der Waals surface area (Å²) in [6, 6.07) is 5.25. The number of ether oxygens (including phenoxy) is 1. The van der Waals surface area contributed by atoms with Crippen molar-refractivity contribution in [3.63, 3.8) is 0 Å². The van der Waals surface area contributed by atoms with Gasteiger partial charge in [-0.3, -0.25) is 14.9 Å². The molecule has 1 aliphatic heterocycles. The Labute approximate surface area is 156 Å². The Morgan fingerprint density at radius 2 is 2.12 bits per heavy atom. The molecule has 8 nitrogen and oxygen atoms in total. The van der Waals surface area contributed by atoms with E-state index in [0.717, 1.165) is 3.57 Å². The third kappa shape index (κ3) is 3.55. The van der Waals surface area contributed by atoms with E-state index in [9.17, 15) is 14.7 Å². The summed E-state index contributed by atoms with van der Waals surface area (Å²) in [4.78, 5) is 32.0. The predicted octanol–water partition coefficient (Wildman–Crippen LogP) is 1.20. The van der Waals surface area contributed by atoms with Gasteiger partial charge in [-0.25, -0.2) is 4.98 Å². The largest absolute Gasteiger partial charge is 0.491 e. The molecule has 1 aromatic carbocycles. The topological polar surface area (TPSA) is 113 Å². The number of carbonyl (C=O) groups excluding carboxylic acids is 2. The van der Waals surface area contributed by atoms with E-state index in [1.807, 2.05) is 0 Å². The van der Waals surface area contributed by atoms with E-state index in [0.29, 0.717) is 22.5 Å². The van der Waals surface area contributed by atoms with Crippen molar-refractivity contribution < 1.29 is 19.4 Å². The van der Waals surface area contributed by atoms with Crippen LogP contribution in [0.15, 0.2) is 30.6 Å². The quantitative estimate of drug-likeness (QED) is 0.363. The first-order valence-electron chi connectivity index (χ1n) is 7.17. The highest BCUT2D eigenvalue weighted by Crippen LogP contribution is 2.25. The molecule has 0 unspecified atom stereocenters. The monoisotopic (exact) mass is 452 g/mol. The van der Waals surface area contributed by atoms with Crippen molar-refractivity contribution in [2.24, 2.45) is 0 Å². The average molecular weight is 452 g/mol. The number of aromatic nitrogens is 2. The number of hydrogen-bond donors (Lipinski definition) is 3. The Morgan fingerprint density at radius 3 is 2.84 bits per heavy atom. The first-order valence-corrected chi connectivity index (χ1v) is 8.25. The highest BCUT2D eigenvalue weighted by molar-refractivity contribution is 14.1. The lowest BCUT2D eigenvalue weighted by molar-refractivity contribution is -0.114. The number of rotatable bonds is 4. The average Bonchev–Trinajstić information content (AvgIpc) is 2.57. The molecule has 1 aliphatic rings. The van der Waals surface area contributed by atoms with Gasteiger partial charge in [-0.15, -0.1) is 0 Å². The minimum Gasteiger partial charge on any atom is -0.491 e. The van der Waals surface area contributed by atoms with Crippen molar-refractivity contribution >= 4 is 40.0 Å². The number of amides is 2. The third-order valence-corrected chi connectivity index (χ3v) is 4.17. The summed E-state index contributed by atoms with van der Waals surface area (Å²) in [5.74, 6) is -0.661. The van der Waals surface area contributed by atoms with Gasteiger partial charge in [-0.05, 0) is 40.8 Å². The van der Waals surface area contributed by atoms with E-state index >= 15 is 0 Å². The fourth-order valence-electron chi connectivity index (χ4n) is 2.31. The van der Waals surface area contributed by atoms with Gasteiger partial charge in [0.15, 0.2) is 11.6 Å². The Morgan fingerprint density at radius 1 is 1.32 bits per heavy atom. The summed E-state index contributed by atoms with van der Waals surface area (Å²) in [6.45, 7) is 0.182. The number of benzene rings is 1. The first-order chi connectivity index (χ1) is 12.0. The predicted molar refractivity (Wildman–Crippen MR) is 96.7 cm³/mol. The van der Waals surface area contributed by atoms with Crippen molar-refractivity contribution in [2.45, 2.75) is 6.54 Å². The number of methoxy groups -OCH3 is 1. The summed E-state index contributed by atoms with van der Waals surface area (Å²) in [5.41, 5.74) is 1.34. The maximum atomic E-state index is 12.1. The molecule has 128 valence electrons. The van der Waals surface area contributed by atoms with Crippen molar-refractivity contribution in [1.82, 2.24) is 20.6 Å². The highest BCUT2D eigenvalue weighted by atomic mass is 127. The molecule has 0 aliphatic carbocycles. The normalized spacial score (nSPS) is 14.9. The van der Waals surface area contributed by atoms with E-state index in [1.54, 1.807) is 18.2 Å². The maximum Gasteiger partial charge on any atom is 0.260 e. The molecule has 0 saturated heterocycles. The highest BCUT2D eigenvalue weighted by Gasteiger charge is 2.27. The van der Waals surface area contributed by atoms with E-state index in [2.05, 4.69) is 43.2 Å².